The van der Waals surface area contributed by atoms with Gasteiger partial charge in [0.15, 0.2) is 0 Å². The Morgan fingerprint density at radius 3 is 2.47 bits per heavy atom. The number of hydrogen-bond acceptors (Lipinski definition) is 4. The summed E-state index contributed by atoms with van der Waals surface area (Å²) in [5, 5.41) is 17.8. The fourth-order valence-corrected chi connectivity index (χ4v) is 5.62. The molecule has 5 rings (SSSR count). The molecule has 2 saturated carbocycles. The number of carbonyl (C=O) groups excluding carboxylic acids is 2. The van der Waals surface area contributed by atoms with Gasteiger partial charge in [-0.15, -0.1) is 0 Å². The predicted octanol–water partition coefficient (Wildman–Crippen LogP) is 5.56. The minimum Gasteiger partial charge on any atom is -0.339 e. The van der Waals surface area contributed by atoms with E-state index in [1.54, 1.807) is 16.9 Å². The van der Waals surface area contributed by atoms with Crippen molar-refractivity contribution in [2.45, 2.75) is 78.3 Å². The second-order valence-corrected chi connectivity index (χ2v) is 11.0. The molecule has 8 heteroatoms. The molecule has 2 aromatic heterocycles. The Morgan fingerprint density at radius 1 is 1.11 bits per heavy atom. The summed E-state index contributed by atoms with van der Waals surface area (Å²) in [5.74, 6) is 0.312. The lowest BCUT2D eigenvalue weighted by Crippen LogP contribution is -2.49. The number of benzene rings is 1. The molecule has 2 aliphatic carbocycles. The summed E-state index contributed by atoms with van der Waals surface area (Å²) in [7, 11) is 0. The van der Waals surface area contributed by atoms with Crippen LogP contribution in [0.15, 0.2) is 48.2 Å². The maximum atomic E-state index is 13.6. The van der Waals surface area contributed by atoms with Crippen LogP contribution in [0.1, 0.15) is 73.7 Å². The van der Waals surface area contributed by atoms with Crippen LogP contribution in [0.2, 0.25) is 0 Å². The highest BCUT2D eigenvalue weighted by Crippen LogP contribution is 2.32. The molecule has 1 aromatic carbocycles. The van der Waals surface area contributed by atoms with Crippen molar-refractivity contribution in [3.8, 4) is 11.1 Å². The molecule has 2 aliphatic rings. The summed E-state index contributed by atoms with van der Waals surface area (Å²) in [6.07, 6.45) is 11.3. The highest BCUT2D eigenvalue weighted by Gasteiger charge is 2.33. The molecule has 0 aliphatic heterocycles. The van der Waals surface area contributed by atoms with E-state index < -0.39 is 6.04 Å². The molecule has 200 valence electrons. The standard InChI is InChI=1S/C30H38N6O2/c1-19-7-9-24(10-8-19)28(33-29(37)26-15-17-31-36(26)18-16-22-5-4-6-22)30(38)32-25-13-11-23(12-14-25)27-20(2)34-35-21(27)3/h11-17,19,24,28H,4-10,18H2,1-3H3,(H,32,38)(H,33,37)(H,34,35)/t19?,24?,28-/m0/s1. The minimum atomic E-state index is -0.610. The lowest BCUT2D eigenvalue weighted by atomic mass is 9.79. The number of nitrogens with one attached hydrogen (secondary N) is 3. The van der Waals surface area contributed by atoms with E-state index in [2.05, 4.69) is 38.9 Å². The van der Waals surface area contributed by atoms with Crippen molar-refractivity contribution >= 4 is 17.5 Å². The Hall–Kier alpha value is -3.68. The molecule has 3 aromatic rings. The second-order valence-electron chi connectivity index (χ2n) is 11.0. The average molecular weight is 515 g/mol. The van der Waals surface area contributed by atoms with Crippen molar-refractivity contribution < 1.29 is 9.59 Å². The quantitative estimate of drug-likeness (QED) is 0.342. The molecular weight excluding hydrogens is 476 g/mol. The number of anilines is 1. The molecule has 38 heavy (non-hydrogen) atoms. The molecule has 2 heterocycles. The molecular formula is C30H38N6O2. The van der Waals surface area contributed by atoms with Crippen molar-refractivity contribution in [3.63, 3.8) is 0 Å². The normalized spacial score (nSPS) is 19.9. The number of carbonyl (C=O) groups is 2. The lowest BCUT2D eigenvalue weighted by Gasteiger charge is -2.32. The number of allylic oxidation sites excluding steroid dienone is 2. The van der Waals surface area contributed by atoms with Gasteiger partial charge in [0.1, 0.15) is 11.7 Å². The van der Waals surface area contributed by atoms with Crippen LogP contribution in [0.4, 0.5) is 5.69 Å². The van der Waals surface area contributed by atoms with Gasteiger partial charge in [-0.1, -0.05) is 43.5 Å². The van der Waals surface area contributed by atoms with Crippen molar-refractivity contribution in [1.29, 1.82) is 0 Å². The highest BCUT2D eigenvalue weighted by atomic mass is 16.2. The zero-order valence-electron chi connectivity index (χ0n) is 22.6. The van der Waals surface area contributed by atoms with Crippen LogP contribution >= 0.6 is 0 Å². The number of rotatable bonds is 8. The molecule has 8 nitrogen and oxygen atoms in total. The van der Waals surface area contributed by atoms with Crippen molar-refractivity contribution in [1.82, 2.24) is 25.3 Å². The van der Waals surface area contributed by atoms with Crippen LogP contribution in [-0.2, 0) is 11.3 Å². The summed E-state index contributed by atoms with van der Waals surface area (Å²) >= 11 is 0. The van der Waals surface area contributed by atoms with E-state index in [-0.39, 0.29) is 17.7 Å². The molecule has 0 saturated heterocycles. The molecule has 1 atom stereocenters. The predicted molar refractivity (Wildman–Crippen MR) is 149 cm³/mol. The molecule has 0 spiro atoms. The van der Waals surface area contributed by atoms with Gasteiger partial charge in [0.25, 0.3) is 5.91 Å². The largest absolute Gasteiger partial charge is 0.339 e. The monoisotopic (exact) mass is 514 g/mol. The van der Waals surface area contributed by atoms with Gasteiger partial charge in [-0.3, -0.25) is 19.4 Å². The van der Waals surface area contributed by atoms with Gasteiger partial charge >= 0.3 is 0 Å². The smallest absolute Gasteiger partial charge is 0.270 e. The SMILES string of the molecule is Cc1n[nH]c(C)c1-c1ccc(NC(=O)[C@@H](NC(=O)c2ccnn2CC=C2CCC2)C2CCC(C)CC2)cc1. The van der Waals surface area contributed by atoms with E-state index in [4.69, 9.17) is 0 Å². The second kappa shape index (κ2) is 11.4. The van der Waals surface area contributed by atoms with E-state index >= 15 is 0 Å². The van der Waals surface area contributed by atoms with Crippen LogP contribution in [0.25, 0.3) is 11.1 Å². The topological polar surface area (TPSA) is 105 Å². The fraction of sp³-hybridized carbons (Fsp3) is 0.467. The average Bonchev–Trinajstić information content (AvgIpc) is 3.48. The first-order valence-electron chi connectivity index (χ1n) is 13.8. The van der Waals surface area contributed by atoms with Crippen molar-refractivity contribution in [3.05, 3.63) is 65.3 Å². The fourth-order valence-electron chi connectivity index (χ4n) is 5.62. The first-order chi connectivity index (χ1) is 18.4. The Bertz CT molecular complexity index is 1290. The van der Waals surface area contributed by atoms with E-state index in [0.717, 1.165) is 61.0 Å². The number of aryl methyl sites for hydroxylation is 2. The van der Waals surface area contributed by atoms with Gasteiger partial charge < -0.3 is 10.6 Å². The van der Waals surface area contributed by atoms with Gasteiger partial charge in [-0.25, -0.2) is 0 Å². The molecule has 0 radical (unpaired) electrons. The Balaban J connectivity index is 1.31. The Kier molecular flexibility index (Phi) is 7.77. The number of hydrogen-bond donors (Lipinski definition) is 3. The summed E-state index contributed by atoms with van der Waals surface area (Å²) in [4.78, 5) is 27.0. The summed E-state index contributed by atoms with van der Waals surface area (Å²) in [6, 6.07) is 8.91. The van der Waals surface area contributed by atoms with Crippen LogP contribution < -0.4 is 10.6 Å². The van der Waals surface area contributed by atoms with Crippen LogP contribution in [-0.4, -0.2) is 37.8 Å². The third-order valence-electron chi connectivity index (χ3n) is 8.17. The van der Waals surface area contributed by atoms with Crippen LogP contribution in [0.5, 0.6) is 0 Å². The summed E-state index contributed by atoms with van der Waals surface area (Å²) in [6.45, 7) is 6.80. The van der Waals surface area contributed by atoms with Gasteiger partial charge in [-0.2, -0.15) is 10.2 Å². The van der Waals surface area contributed by atoms with Crippen LogP contribution in [0, 0.1) is 25.7 Å². The highest BCUT2D eigenvalue weighted by molar-refractivity contribution is 6.00. The lowest BCUT2D eigenvalue weighted by molar-refractivity contribution is -0.119. The van der Waals surface area contributed by atoms with E-state index in [9.17, 15) is 9.59 Å². The Morgan fingerprint density at radius 2 is 1.84 bits per heavy atom. The van der Waals surface area contributed by atoms with Gasteiger partial charge in [-0.05, 0) is 81.5 Å². The first kappa shape index (κ1) is 25.9. The third kappa shape index (κ3) is 5.74. The minimum absolute atomic E-state index is 0.0964. The maximum Gasteiger partial charge on any atom is 0.270 e. The van der Waals surface area contributed by atoms with Gasteiger partial charge in [0, 0.05) is 23.1 Å². The van der Waals surface area contributed by atoms with Crippen LogP contribution in [0.3, 0.4) is 0 Å². The van der Waals surface area contributed by atoms with Gasteiger partial charge in [0.05, 0.1) is 12.2 Å². The number of aromatic nitrogens is 4. The molecule has 0 bridgehead atoms. The number of H-pyrrole nitrogens is 1. The zero-order valence-corrected chi connectivity index (χ0v) is 22.6. The molecule has 0 unspecified atom stereocenters. The number of amides is 2. The summed E-state index contributed by atoms with van der Waals surface area (Å²) in [5.41, 5.74) is 6.69. The van der Waals surface area contributed by atoms with Crippen molar-refractivity contribution in [2.75, 3.05) is 5.32 Å². The van der Waals surface area contributed by atoms with Gasteiger partial charge in [0.2, 0.25) is 5.91 Å². The molecule has 3 N–H and O–H groups in total. The first-order valence-corrected chi connectivity index (χ1v) is 13.8. The number of nitrogens with zero attached hydrogens (tertiary/aromatic N) is 3. The number of aromatic amines is 1. The summed E-state index contributed by atoms with van der Waals surface area (Å²) < 4.78 is 1.72. The molecule has 2 fully saturated rings. The van der Waals surface area contributed by atoms with E-state index in [1.165, 1.54) is 12.0 Å². The van der Waals surface area contributed by atoms with E-state index in [0.29, 0.717) is 23.8 Å². The molecule has 2 amide bonds. The van der Waals surface area contributed by atoms with E-state index in [1.807, 2.05) is 38.1 Å². The van der Waals surface area contributed by atoms with Crippen molar-refractivity contribution in [2.24, 2.45) is 11.8 Å². The Labute approximate surface area is 224 Å². The maximum absolute atomic E-state index is 13.6. The third-order valence-corrected chi connectivity index (χ3v) is 8.17. The zero-order chi connectivity index (χ0) is 26.6.